The van der Waals surface area contributed by atoms with E-state index in [1.54, 1.807) is 17.0 Å². The predicted octanol–water partition coefficient (Wildman–Crippen LogP) is 4.43. The summed E-state index contributed by atoms with van der Waals surface area (Å²) in [6.07, 6.45) is 1.92. The fourth-order valence-electron chi connectivity index (χ4n) is 4.13. The molecule has 1 aliphatic heterocycles. The number of hydrogen-bond donors (Lipinski definition) is 0. The molecule has 0 bridgehead atoms. The molecule has 2 aromatic rings. The Balaban J connectivity index is 1.84. The van der Waals surface area contributed by atoms with E-state index in [9.17, 15) is 19.7 Å². The van der Waals surface area contributed by atoms with Crippen molar-refractivity contribution in [3.05, 3.63) is 81.0 Å². The molecule has 0 fully saturated rings. The van der Waals surface area contributed by atoms with E-state index in [-0.39, 0.29) is 23.8 Å². The molecular formula is C22H20N2O4. The Morgan fingerprint density at radius 2 is 1.82 bits per heavy atom. The molecular weight excluding hydrogens is 356 g/mol. The van der Waals surface area contributed by atoms with Crippen molar-refractivity contribution < 1.29 is 14.5 Å². The molecule has 0 saturated heterocycles. The van der Waals surface area contributed by atoms with Gasteiger partial charge in [0.2, 0.25) is 5.91 Å². The smallest absolute Gasteiger partial charge is 0.269 e. The van der Waals surface area contributed by atoms with Gasteiger partial charge in [-0.3, -0.25) is 24.6 Å². The van der Waals surface area contributed by atoms with Crippen LogP contribution in [0.4, 0.5) is 11.4 Å². The van der Waals surface area contributed by atoms with Gasteiger partial charge in [0.05, 0.1) is 4.92 Å². The number of Topliss-reactive ketones (excluding diaryl/α,β-unsaturated/α-hetero) is 1. The van der Waals surface area contributed by atoms with Crippen molar-refractivity contribution in [1.29, 1.82) is 0 Å². The molecule has 6 nitrogen and oxygen atoms in total. The number of carbonyl (C=O) groups excluding carboxylic acids is 2. The second kappa shape index (κ2) is 7.03. The molecule has 6 heteroatoms. The van der Waals surface area contributed by atoms with E-state index < -0.39 is 10.8 Å². The Kier molecular flexibility index (Phi) is 4.55. The van der Waals surface area contributed by atoms with Crippen molar-refractivity contribution in [1.82, 2.24) is 0 Å². The molecule has 0 spiro atoms. The highest BCUT2D eigenvalue weighted by atomic mass is 16.6. The maximum absolute atomic E-state index is 13.1. The van der Waals surface area contributed by atoms with Crippen LogP contribution < -0.4 is 4.90 Å². The third kappa shape index (κ3) is 3.11. The second-order valence-electron chi connectivity index (χ2n) is 7.31. The Hall–Kier alpha value is -3.28. The normalized spacial score (nSPS) is 19.6. The summed E-state index contributed by atoms with van der Waals surface area (Å²) in [6, 6.07) is 13.9. The van der Waals surface area contributed by atoms with Gasteiger partial charge < -0.3 is 0 Å². The minimum Gasteiger partial charge on any atom is -0.294 e. The van der Waals surface area contributed by atoms with Gasteiger partial charge in [-0.15, -0.1) is 0 Å². The average molecular weight is 376 g/mol. The summed E-state index contributed by atoms with van der Waals surface area (Å²) in [4.78, 5) is 38.3. The van der Waals surface area contributed by atoms with E-state index in [2.05, 4.69) is 0 Å². The fraction of sp³-hybridized carbons (Fsp3) is 0.273. The highest BCUT2D eigenvalue weighted by Crippen LogP contribution is 2.43. The van der Waals surface area contributed by atoms with Crippen molar-refractivity contribution >= 4 is 23.1 Å². The lowest BCUT2D eigenvalue weighted by Gasteiger charge is -2.38. The maximum atomic E-state index is 13.1. The largest absolute Gasteiger partial charge is 0.294 e. The Morgan fingerprint density at radius 3 is 2.54 bits per heavy atom. The quantitative estimate of drug-likeness (QED) is 0.586. The lowest BCUT2D eigenvalue weighted by atomic mass is 9.77. The van der Waals surface area contributed by atoms with E-state index in [1.165, 1.54) is 12.1 Å². The Bertz CT molecular complexity index is 1010. The molecule has 0 radical (unpaired) electrons. The Labute approximate surface area is 162 Å². The van der Waals surface area contributed by atoms with Crippen LogP contribution in [0.5, 0.6) is 0 Å². The molecule has 142 valence electrons. The average Bonchev–Trinajstić information content (AvgIpc) is 2.68. The number of nitro benzene ring substituents is 1. The number of amides is 1. The van der Waals surface area contributed by atoms with Gasteiger partial charge in [0, 0.05) is 47.8 Å². The summed E-state index contributed by atoms with van der Waals surface area (Å²) in [5.41, 5.74) is 3.84. The number of ketones is 1. The summed E-state index contributed by atoms with van der Waals surface area (Å²) < 4.78 is 0. The third-order valence-electron chi connectivity index (χ3n) is 5.45. The fourth-order valence-corrected chi connectivity index (χ4v) is 4.13. The first-order chi connectivity index (χ1) is 13.5. The highest BCUT2D eigenvalue weighted by Gasteiger charge is 2.39. The van der Waals surface area contributed by atoms with Crippen LogP contribution in [0.15, 0.2) is 59.8 Å². The van der Waals surface area contributed by atoms with E-state index in [0.717, 1.165) is 16.9 Å². The number of benzene rings is 2. The molecule has 4 rings (SSSR count). The number of non-ortho nitro benzene ring substituents is 1. The molecule has 1 aliphatic carbocycles. The van der Waals surface area contributed by atoms with Gasteiger partial charge in [-0.2, -0.15) is 0 Å². The number of carbonyl (C=O) groups is 2. The van der Waals surface area contributed by atoms with Gasteiger partial charge in [-0.25, -0.2) is 0 Å². The van der Waals surface area contributed by atoms with Gasteiger partial charge in [-0.1, -0.05) is 29.8 Å². The number of aryl methyl sites for hydroxylation is 1. The zero-order chi connectivity index (χ0) is 19.8. The number of nitrogens with zero attached hydrogens (tertiary/aromatic N) is 2. The van der Waals surface area contributed by atoms with Gasteiger partial charge in [0.15, 0.2) is 5.78 Å². The van der Waals surface area contributed by atoms with Gasteiger partial charge in [0.25, 0.3) is 5.69 Å². The van der Waals surface area contributed by atoms with Crippen molar-refractivity contribution in [2.24, 2.45) is 0 Å². The number of rotatable bonds is 3. The van der Waals surface area contributed by atoms with E-state index >= 15 is 0 Å². The minimum atomic E-state index is -0.454. The van der Waals surface area contributed by atoms with Gasteiger partial charge in [-0.05, 0) is 37.5 Å². The lowest BCUT2D eigenvalue weighted by Crippen LogP contribution is -2.40. The molecule has 1 atom stereocenters. The van der Waals surface area contributed by atoms with Crippen LogP contribution in [0, 0.1) is 17.0 Å². The zero-order valence-electron chi connectivity index (χ0n) is 15.6. The topological polar surface area (TPSA) is 80.5 Å². The standard InChI is InChI=1S/C22H20N2O4/c1-14-8-10-16(11-9-14)23-19-6-3-7-20(25)22(19)18(13-21(23)26)15-4-2-5-17(12-15)24(27)28/h2,4-5,8-12,18H,3,6-7,13H2,1H3/t18-/m1/s1. The van der Waals surface area contributed by atoms with E-state index in [1.807, 2.05) is 31.2 Å². The van der Waals surface area contributed by atoms with Crippen LogP contribution in [0.1, 0.15) is 42.7 Å². The molecule has 1 heterocycles. The monoisotopic (exact) mass is 376 g/mol. The van der Waals surface area contributed by atoms with Crippen LogP contribution in [-0.4, -0.2) is 16.6 Å². The summed E-state index contributed by atoms with van der Waals surface area (Å²) in [7, 11) is 0. The number of nitro groups is 1. The van der Waals surface area contributed by atoms with Crippen LogP contribution >= 0.6 is 0 Å². The first kappa shape index (κ1) is 18.1. The Morgan fingerprint density at radius 1 is 1.07 bits per heavy atom. The highest BCUT2D eigenvalue weighted by molar-refractivity contribution is 6.07. The van der Waals surface area contributed by atoms with Crippen LogP contribution in [0.25, 0.3) is 0 Å². The predicted molar refractivity (Wildman–Crippen MR) is 105 cm³/mol. The van der Waals surface area contributed by atoms with Crippen molar-refractivity contribution in [3.63, 3.8) is 0 Å². The summed E-state index contributed by atoms with van der Waals surface area (Å²) >= 11 is 0. The molecule has 0 saturated carbocycles. The van der Waals surface area contributed by atoms with Crippen molar-refractivity contribution in [3.8, 4) is 0 Å². The zero-order valence-corrected chi connectivity index (χ0v) is 15.6. The number of hydrogen-bond acceptors (Lipinski definition) is 4. The molecule has 0 unspecified atom stereocenters. The summed E-state index contributed by atoms with van der Waals surface area (Å²) in [6.45, 7) is 1.98. The number of allylic oxidation sites excluding steroid dienone is 2. The number of anilines is 1. The van der Waals surface area contributed by atoms with Gasteiger partial charge >= 0.3 is 0 Å². The lowest BCUT2D eigenvalue weighted by molar-refractivity contribution is -0.384. The summed E-state index contributed by atoms with van der Waals surface area (Å²) in [5.74, 6) is -0.493. The first-order valence-corrected chi connectivity index (χ1v) is 9.36. The molecule has 2 aliphatic rings. The van der Waals surface area contributed by atoms with Crippen LogP contribution in [0.2, 0.25) is 0 Å². The molecule has 1 amide bonds. The molecule has 2 aromatic carbocycles. The third-order valence-corrected chi connectivity index (χ3v) is 5.45. The van der Waals surface area contributed by atoms with Crippen molar-refractivity contribution in [2.45, 2.75) is 38.5 Å². The second-order valence-corrected chi connectivity index (χ2v) is 7.31. The SMILES string of the molecule is Cc1ccc(N2C(=O)C[C@H](c3cccc([N+](=O)[O-])c3)C3=C2CCCC3=O)cc1. The molecule has 0 N–H and O–H groups in total. The van der Waals surface area contributed by atoms with Gasteiger partial charge in [0.1, 0.15) is 0 Å². The van der Waals surface area contributed by atoms with Crippen LogP contribution in [-0.2, 0) is 9.59 Å². The first-order valence-electron chi connectivity index (χ1n) is 9.36. The summed E-state index contributed by atoms with van der Waals surface area (Å²) in [5, 5.41) is 11.2. The minimum absolute atomic E-state index is 0.0300. The maximum Gasteiger partial charge on any atom is 0.269 e. The van der Waals surface area contributed by atoms with Crippen LogP contribution in [0.3, 0.4) is 0 Å². The van der Waals surface area contributed by atoms with E-state index in [0.29, 0.717) is 30.4 Å². The van der Waals surface area contributed by atoms with Crippen molar-refractivity contribution in [2.75, 3.05) is 4.90 Å². The molecule has 0 aromatic heterocycles. The molecule has 28 heavy (non-hydrogen) atoms. The van der Waals surface area contributed by atoms with E-state index in [4.69, 9.17) is 0 Å².